The van der Waals surface area contributed by atoms with Gasteiger partial charge in [0.15, 0.2) is 0 Å². The molecule has 12 heavy (non-hydrogen) atoms. The van der Waals surface area contributed by atoms with E-state index in [0.29, 0.717) is 12.9 Å². The van der Waals surface area contributed by atoms with E-state index in [-0.39, 0.29) is 13.2 Å². The Kier molecular flexibility index (Phi) is 5.32. The number of ether oxygens (including phenoxy) is 2. The van der Waals surface area contributed by atoms with Crippen LogP contribution in [0.1, 0.15) is 32.1 Å². The van der Waals surface area contributed by atoms with Gasteiger partial charge in [-0.3, -0.25) is 0 Å². The lowest BCUT2D eigenvalue weighted by atomic mass is 9.98. The second-order valence-corrected chi connectivity index (χ2v) is 3.16. The molecule has 0 unspecified atom stereocenters. The number of rotatable bonds is 5. The van der Waals surface area contributed by atoms with Crippen molar-refractivity contribution >= 4 is 0 Å². The van der Waals surface area contributed by atoms with Crippen molar-refractivity contribution in [2.75, 3.05) is 20.0 Å². The second-order valence-electron chi connectivity index (χ2n) is 3.16. The molecule has 0 bridgehead atoms. The van der Waals surface area contributed by atoms with Crippen molar-refractivity contribution in [3.63, 3.8) is 0 Å². The van der Waals surface area contributed by atoms with Crippen LogP contribution in [0.4, 0.5) is 0 Å². The fourth-order valence-electron chi connectivity index (χ4n) is 1.49. The van der Waals surface area contributed by atoms with E-state index in [2.05, 4.69) is 0 Å². The Bertz CT molecular complexity index is 99.9. The molecule has 3 heteroatoms. The summed E-state index contributed by atoms with van der Waals surface area (Å²) in [6.45, 7) is 0.396. The molecular weight excluding hydrogens is 156 g/mol. The van der Waals surface area contributed by atoms with Crippen LogP contribution in [0.15, 0.2) is 0 Å². The van der Waals surface area contributed by atoms with E-state index in [9.17, 15) is 5.11 Å². The van der Waals surface area contributed by atoms with Crippen LogP contribution < -0.4 is 0 Å². The third kappa shape index (κ3) is 4.04. The van der Waals surface area contributed by atoms with Crippen LogP contribution in [0.3, 0.4) is 0 Å². The van der Waals surface area contributed by atoms with E-state index < -0.39 is 0 Å². The number of hydrogen-bond donors (Lipinski definition) is 0. The molecule has 1 rings (SSSR count). The zero-order chi connectivity index (χ0) is 8.65. The summed E-state index contributed by atoms with van der Waals surface area (Å²) in [6, 6.07) is 0. The predicted molar refractivity (Wildman–Crippen MR) is 44.3 cm³/mol. The Balaban J connectivity index is 1.91. The van der Waals surface area contributed by atoms with E-state index in [1.807, 2.05) is 0 Å². The van der Waals surface area contributed by atoms with Gasteiger partial charge in [-0.2, -0.15) is 0 Å². The van der Waals surface area contributed by atoms with Crippen molar-refractivity contribution in [2.24, 2.45) is 0 Å². The van der Waals surface area contributed by atoms with Crippen LogP contribution in [0.5, 0.6) is 0 Å². The van der Waals surface area contributed by atoms with Gasteiger partial charge in [0, 0.05) is 0 Å². The summed E-state index contributed by atoms with van der Waals surface area (Å²) in [5, 5.41) is 10.0. The molecule has 0 aromatic carbocycles. The monoisotopic (exact) mass is 173 g/mol. The average molecular weight is 173 g/mol. The maximum atomic E-state index is 10.0. The highest BCUT2D eigenvalue weighted by atomic mass is 16.7. The first-order valence-electron chi connectivity index (χ1n) is 4.71. The third-order valence-electron chi connectivity index (χ3n) is 2.17. The quantitative estimate of drug-likeness (QED) is 0.469. The minimum atomic E-state index is -0.173. The summed E-state index contributed by atoms with van der Waals surface area (Å²) >= 11 is 0. The Morgan fingerprint density at radius 1 is 1.17 bits per heavy atom. The van der Waals surface area contributed by atoms with Crippen LogP contribution in [0.2, 0.25) is 0 Å². The molecule has 0 N–H and O–H groups in total. The lowest BCUT2D eigenvalue weighted by Gasteiger charge is -2.21. The fourth-order valence-corrected chi connectivity index (χ4v) is 1.49. The van der Waals surface area contributed by atoms with Crippen LogP contribution in [0, 0.1) is 0 Å². The van der Waals surface area contributed by atoms with Crippen molar-refractivity contribution in [2.45, 2.75) is 38.2 Å². The second kappa shape index (κ2) is 6.40. The van der Waals surface area contributed by atoms with Gasteiger partial charge in [-0.15, -0.1) is 0 Å². The van der Waals surface area contributed by atoms with Crippen molar-refractivity contribution in [1.29, 1.82) is 0 Å². The molecule has 0 aromatic rings. The standard InChI is InChI=1S/C9H17O3/c10-6-7-11-8-12-9-4-2-1-3-5-9/h9H,1-8H2. The largest absolute Gasteiger partial charge is 0.353 e. The molecule has 1 aliphatic rings. The van der Waals surface area contributed by atoms with Crippen molar-refractivity contribution < 1.29 is 14.6 Å². The van der Waals surface area contributed by atoms with E-state index >= 15 is 0 Å². The first-order valence-corrected chi connectivity index (χ1v) is 4.71. The molecule has 1 radical (unpaired) electrons. The molecular formula is C9H17O3. The molecule has 0 saturated heterocycles. The third-order valence-corrected chi connectivity index (χ3v) is 2.17. The first-order chi connectivity index (χ1) is 5.93. The van der Waals surface area contributed by atoms with Gasteiger partial charge in [-0.05, 0) is 12.8 Å². The average Bonchev–Trinajstić information content (AvgIpc) is 2.14. The summed E-state index contributed by atoms with van der Waals surface area (Å²) in [5.41, 5.74) is 0. The molecule has 0 spiro atoms. The Morgan fingerprint density at radius 3 is 2.58 bits per heavy atom. The van der Waals surface area contributed by atoms with E-state index in [4.69, 9.17) is 9.47 Å². The minimum Gasteiger partial charge on any atom is -0.353 e. The lowest BCUT2D eigenvalue weighted by Crippen LogP contribution is -2.18. The Hall–Kier alpha value is -0.120. The zero-order valence-electron chi connectivity index (χ0n) is 7.46. The topological polar surface area (TPSA) is 38.4 Å². The van der Waals surface area contributed by atoms with Crippen LogP contribution in [-0.4, -0.2) is 26.1 Å². The maximum Gasteiger partial charge on any atom is 0.147 e. The SMILES string of the molecule is [O]CCOCOC1CCCCC1. The highest BCUT2D eigenvalue weighted by molar-refractivity contribution is 4.64. The smallest absolute Gasteiger partial charge is 0.147 e. The van der Waals surface area contributed by atoms with Gasteiger partial charge in [0.1, 0.15) is 13.4 Å². The lowest BCUT2D eigenvalue weighted by molar-refractivity contribution is -0.107. The van der Waals surface area contributed by atoms with E-state index in [1.54, 1.807) is 0 Å². The van der Waals surface area contributed by atoms with Crippen molar-refractivity contribution in [3.8, 4) is 0 Å². The van der Waals surface area contributed by atoms with Crippen LogP contribution >= 0.6 is 0 Å². The summed E-state index contributed by atoms with van der Waals surface area (Å²) in [7, 11) is 0. The van der Waals surface area contributed by atoms with E-state index in [1.165, 1.54) is 19.3 Å². The predicted octanol–water partition coefficient (Wildman–Crippen LogP) is 1.74. The van der Waals surface area contributed by atoms with Gasteiger partial charge >= 0.3 is 0 Å². The van der Waals surface area contributed by atoms with Gasteiger partial charge < -0.3 is 9.47 Å². The normalized spacial score (nSPS) is 19.8. The van der Waals surface area contributed by atoms with E-state index in [0.717, 1.165) is 12.8 Å². The minimum absolute atomic E-state index is 0.173. The summed E-state index contributed by atoms with van der Waals surface area (Å²) in [6.07, 6.45) is 6.56. The Labute approximate surface area is 73.7 Å². The Morgan fingerprint density at radius 2 is 1.92 bits per heavy atom. The van der Waals surface area contributed by atoms with Gasteiger partial charge in [0.25, 0.3) is 0 Å². The molecule has 71 valence electrons. The maximum absolute atomic E-state index is 10.0. The molecule has 0 aromatic heterocycles. The van der Waals surface area contributed by atoms with Gasteiger partial charge in [0.2, 0.25) is 0 Å². The fraction of sp³-hybridized carbons (Fsp3) is 1.00. The molecule has 1 saturated carbocycles. The highest BCUT2D eigenvalue weighted by Crippen LogP contribution is 2.19. The van der Waals surface area contributed by atoms with Crippen molar-refractivity contribution in [1.82, 2.24) is 0 Å². The molecule has 0 aliphatic heterocycles. The van der Waals surface area contributed by atoms with Crippen LogP contribution in [-0.2, 0) is 14.6 Å². The number of hydrogen-bond acceptors (Lipinski definition) is 2. The molecule has 0 heterocycles. The van der Waals surface area contributed by atoms with Crippen molar-refractivity contribution in [3.05, 3.63) is 0 Å². The molecule has 1 fully saturated rings. The molecule has 1 aliphatic carbocycles. The summed E-state index contributed by atoms with van der Waals surface area (Å²) in [5.74, 6) is 0. The van der Waals surface area contributed by atoms with Crippen LogP contribution in [0.25, 0.3) is 0 Å². The van der Waals surface area contributed by atoms with Gasteiger partial charge in [-0.25, -0.2) is 5.11 Å². The summed E-state index contributed by atoms with van der Waals surface area (Å²) < 4.78 is 10.4. The first kappa shape index (κ1) is 9.96. The van der Waals surface area contributed by atoms with Gasteiger partial charge in [0.05, 0.1) is 12.7 Å². The van der Waals surface area contributed by atoms with Gasteiger partial charge in [-0.1, -0.05) is 19.3 Å². The molecule has 0 atom stereocenters. The molecule has 0 amide bonds. The zero-order valence-corrected chi connectivity index (χ0v) is 7.46. The highest BCUT2D eigenvalue weighted by Gasteiger charge is 2.12. The molecule has 3 nitrogen and oxygen atoms in total. The summed E-state index contributed by atoms with van der Waals surface area (Å²) in [4.78, 5) is 0.